The van der Waals surface area contributed by atoms with Crippen molar-refractivity contribution in [2.75, 3.05) is 31.5 Å². The zero-order valence-corrected chi connectivity index (χ0v) is 13.1. The van der Waals surface area contributed by atoms with E-state index in [1.54, 1.807) is 12.1 Å². The third kappa shape index (κ3) is 5.27. The molecule has 2 N–H and O–H groups in total. The molecule has 2 atom stereocenters. The lowest BCUT2D eigenvalue weighted by molar-refractivity contribution is -0.0679. The molecule has 0 saturated carbocycles. The number of carbonyl (C=O) groups excluding carboxylic acids is 1. The smallest absolute Gasteiger partial charge is 0.319 e. The molecule has 0 radical (unpaired) electrons. The van der Waals surface area contributed by atoms with Crippen LogP contribution in [0.5, 0.6) is 0 Å². The summed E-state index contributed by atoms with van der Waals surface area (Å²) in [5.74, 6) is -0.436. The first-order valence-electron chi connectivity index (χ1n) is 7.72. The molecule has 6 heteroatoms. The zero-order valence-electron chi connectivity index (χ0n) is 13.1. The maximum absolute atomic E-state index is 13.4. The molecule has 0 aliphatic carbocycles. The average Bonchev–Trinajstić information content (AvgIpc) is 2.45. The van der Waals surface area contributed by atoms with Crippen LogP contribution < -0.4 is 10.6 Å². The highest BCUT2D eigenvalue weighted by Gasteiger charge is 2.21. The number of hydrogen-bond acceptors (Lipinski definition) is 3. The summed E-state index contributed by atoms with van der Waals surface area (Å²) in [5.41, 5.74) is 0.191. The summed E-state index contributed by atoms with van der Waals surface area (Å²) in [6, 6.07) is 5.73. The van der Waals surface area contributed by atoms with Crippen molar-refractivity contribution < 1.29 is 13.9 Å². The molecule has 1 aliphatic heterocycles. The quantitative estimate of drug-likeness (QED) is 0.822. The van der Waals surface area contributed by atoms with Crippen molar-refractivity contribution in [1.82, 2.24) is 10.2 Å². The van der Waals surface area contributed by atoms with Gasteiger partial charge in [-0.1, -0.05) is 12.1 Å². The molecule has 22 heavy (non-hydrogen) atoms. The number of nitrogens with one attached hydrogen (secondary N) is 2. The number of urea groups is 1. The van der Waals surface area contributed by atoms with E-state index < -0.39 is 5.82 Å². The first kappa shape index (κ1) is 16.7. The number of benzene rings is 1. The highest BCUT2D eigenvalue weighted by Crippen LogP contribution is 2.12. The first-order chi connectivity index (χ1) is 10.5. The highest BCUT2D eigenvalue weighted by molar-refractivity contribution is 5.89. The molecule has 1 aromatic carbocycles. The Labute approximate surface area is 130 Å². The van der Waals surface area contributed by atoms with Crippen molar-refractivity contribution in [3.63, 3.8) is 0 Å². The minimum Gasteiger partial charge on any atom is -0.373 e. The molecule has 1 aromatic rings. The highest BCUT2D eigenvalue weighted by atomic mass is 19.1. The number of hydrogen-bond donors (Lipinski definition) is 2. The summed E-state index contributed by atoms with van der Waals surface area (Å²) >= 11 is 0. The molecule has 2 rings (SSSR count). The van der Waals surface area contributed by atoms with E-state index in [9.17, 15) is 9.18 Å². The number of morpholine rings is 1. The van der Waals surface area contributed by atoms with Crippen molar-refractivity contribution in [2.24, 2.45) is 0 Å². The van der Waals surface area contributed by atoms with Crippen molar-refractivity contribution in [3.05, 3.63) is 30.1 Å². The van der Waals surface area contributed by atoms with Gasteiger partial charge in [-0.25, -0.2) is 9.18 Å². The van der Waals surface area contributed by atoms with Crippen LogP contribution in [0.15, 0.2) is 24.3 Å². The van der Waals surface area contributed by atoms with Gasteiger partial charge in [0.1, 0.15) is 5.82 Å². The fraction of sp³-hybridized carbons (Fsp3) is 0.562. The van der Waals surface area contributed by atoms with Gasteiger partial charge in [0.15, 0.2) is 0 Å². The number of nitrogens with zero attached hydrogens (tertiary/aromatic N) is 1. The molecular weight excluding hydrogens is 285 g/mol. The summed E-state index contributed by atoms with van der Waals surface area (Å²) in [6.45, 7) is 7.46. The summed E-state index contributed by atoms with van der Waals surface area (Å²) in [7, 11) is 0. The molecule has 1 fully saturated rings. The second kappa shape index (κ2) is 8.10. The van der Waals surface area contributed by atoms with Gasteiger partial charge in [0.05, 0.1) is 17.9 Å². The van der Waals surface area contributed by atoms with Gasteiger partial charge < -0.3 is 15.4 Å². The SMILES string of the molecule is CC1CN(CCCNC(=O)Nc2ccccc2F)CC(C)O1. The van der Waals surface area contributed by atoms with Gasteiger partial charge in [0, 0.05) is 26.2 Å². The minimum atomic E-state index is -0.436. The number of ether oxygens (including phenoxy) is 1. The van der Waals surface area contributed by atoms with E-state index in [1.807, 2.05) is 0 Å². The van der Waals surface area contributed by atoms with E-state index in [1.165, 1.54) is 12.1 Å². The van der Waals surface area contributed by atoms with Crippen LogP contribution in [-0.2, 0) is 4.74 Å². The van der Waals surface area contributed by atoms with E-state index in [0.29, 0.717) is 6.54 Å². The predicted molar refractivity (Wildman–Crippen MR) is 84.5 cm³/mol. The van der Waals surface area contributed by atoms with Crippen LogP contribution >= 0.6 is 0 Å². The van der Waals surface area contributed by atoms with E-state index in [0.717, 1.165) is 26.1 Å². The molecular formula is C16H24FN3O2. The Balaban J connectivity index is 1.64. The third-order valence-corrected chi connectivity index (χ3v) is 3.55. The van der Waals surface area contributed by atoms with Crippen LogP contribution in [0.3, 0.4) is 0 Å². The molecule has 2 amide bonds. The van der Waals surface area contributed by atoms with E-state index in [4.69, 9.17) is 4.74 Å². The lowest BCUT2D eigenvalue weighted by Crippen LogP contribution is -2.46. The predicted octanol–water partition coefficient (Wildman–Crippen LogP) is 2.45. The molecule has 2 unspecified atom stereocenters. The van der Waals surface area contributed by atoms with Crippen LogP contribution in [0.1, 0.15) is 20.3 Å². The Morgan fingerprint density at radius 1 is 1.32 bits per heavy atom. The van der Waals surface area contributed by atoms with Gasteiger partial charge in [0.2, 0.25) is 0 Å². The lowest BCUT2D eigenvalue weighted by atomic mass is 10.2. The van der Waals surface area contributed by atoms with Gasteiger partial charge in [-0.05, 0) is 32.4 Å². The van der Waals surface area contributed by atoms with Crippen LogP contribution in [0.25, 0.3) is 0 Å². The van der Waals surface area contributed by atoms with Crippen LogP contribution in [0.4, 0.5) is 14.9 Å². The molecule has 1 saturated heterocycles. The van der Waals surface area contributed by atoms with Crippen molar-refractivity contribution in [2.45, 2.75) is 32.5 Å². The van der Waals surface area contributed by atoms with Gasteiger partial charge in [-0.2, -0.15) is 0 Å². The molecule has 122 valence electrons. The molecule has 0 spiro atoms. The number of carbonyl (C=O) groups is 1. The maximum Gasteiger partial charge on any atom is 0.319 e. The standard InChI is InChI=1S/C16H24FN3O2/c1-12-10-20(11-13(2)22-12)9-5-8-18-16(21)19-15-7-4-3-6-14(15)17/h3-4,6-7,12-13H,5,8-11H2,1-2H3,(H2,18,19,21). The Hall–Kier alpha value is -1.66. The average molecular weight is 309 g/mol. The summed E-state index contributed by atoms with van der Waals surface area (Å²) < 4.78 is 19.1. The van der Waals surface area contributed by atoms with Gasteiger partial charge in [0.25, 0.3) is 0 Å². The normalized spacial score (nSPS) is 22.3. The molecule has 1 aliphatic rings. The van der Waals surface area contributed by atoms with Gasteiger partial charge >= 0.3 is 6.03 Å². The van der Waals surface area contributed by atoms with Gasteiger partial charge in [-0.3, -0.25) is 4.90 Å². The van der Waals surface area contributed by atoms with Crippen molar-refractivity contribution in [1.29, 1.82) is 0 Å². The fourth-order valence-corrected chi connectivity index (χ4v) is 2.70. The largest absolute Gasteiger partial charge is 0.373 e. The van der Waals surface area contributed by atoms with Crippen LogP contribution in [0.2, 0.25) is 0 Å². The van der Waals surface area contributed by atoms with E-state index >= 15 is 0 Å². The minimum absolute atomic E-state index is 0.191. The lowest BCUT2D eigenvalue weighted by Gasteiger charge is -2.35. The molecule has 0 aromatic heterocycles. The topological polar surface area (TPSA) is 53.6 Å². The Morgan fingerprint density at radius 3 is 2.68 bits per heavy atom. The summed E-state index contributed by atoms with van der Waals surface area (Å²) in [4.78, 5) is 14.0. The number of anilines is 1. The summed E-state index contributed by atoms with van der Waals surface area (Å²) in [6.07, 6.45) is 1.35. The molecule has 5 nitrogen and oxygen atoms in total. The summed E-state index contributed by atoms with van der Waals surface area (Å²) in [5, 5.41) is 5.25. The van der Waals surface area contributed by atoms with E-state index in [-0.39, 0.29) is 23.9 Å². The number of amides is 2. The fourth-order valence-electron chi connectivity index (χ4n) is 2.70. The van der Waals surface area contributed by atoms with Crippen molar-refractivity contribution in [3.8, 4) is 0 Å². The van der Waals surface area contributed by atoms with Crippen LogP contribution in [-0.4, -0.2) is 49.3 Å². The second-order valence-corrected chi connectivity index (χ2v) is 5.73. The van der Waals surface area contributed by atoms with Crippen molar-refractivity contribution >= 4 is 11.7 Å². The third-order valence-electron chi connectivity index (χ3n) is 3.55. The van der Waals surface area contributed by atoms with Gasteiger partial charge in [-0.15, -0.1) is 0 Å². The Morgan fingerprint density at radius 2 is 2.00 bits per heavy atom. The molecule has 0 bridgehead atoms. The maximum atomic E-state index is 13.4. The van der Waals surface area contributed by atoms with Crippen LogP contribution in [0, 0.1) is 5.82 Å². The number of halogens is 1. The first-order valence-corrected chi connectivity index (χ1v) is 7.72. The number of rotatable bonds is 5. The van der Waals surface area contributed by atoms with E-state index in [2.05, 4.69) is 29.4 Å². The Kier molecular flexibility index (Phi) is 6.15. The number of para-hydroxylation sites is 1. The second-order valence-electron chi connectivity index (χ2n) is 5.73. The zero-order chi connectivity index (χ0) is 15.9. The monoisotopic (exact) mass is 309 g/mol. The Bertz CT molecular complexity index is 488. The molecule has 1 heterocycles.